The standard InChI is InChI=1S/C19H23ClN2O/c1-15(17-6-4-3-5-7-17)12-21-19(23)14-22(2)13-16-8-10-18(20)11-9-16/h3-11,15H,12-14H2,1-2H3,(H,21,23)/p+1/t15-/m1/s1. The number of rotatable bonds is 7. The Morgan fingerprint density at radius 3 is 2.43 bits per heavy atom. The molecule has 0 spiro atoms. The Labute approximate surface area is 143 Å². The van der Waals surface area contributed by atoms with Crippen molar-refractivity contribution in [3.63, 3.8) is 0 Å². The van der Waals surface area contributed by atoms with Crippen LogP contribution in [0, 0.1) is 0 Å². The summed E-state index contributed by atoms with van der Waals surface area (Å²) in [5.41, 5.74) is 2.42. The first-order valence-corrected chi connectivity index (χ1v) is 8.30. The Hall–Kier alpha value is -1.84. The molecule has 0 saturated carbocycles. The first-order chi connectivity index (χ1) is 11.0. The van der Waals surface area contributed by atoms with E-state index in [0.29, 0.717) is 19.0 Å². The van der Waals surface area contributed by atoms with E-state index >= 15 is 0 Å². The summed E-state index contributed by atoms with van der Waals surface area (Å²) in [6, 6.07) is 18.0. The Morgan fingerprint density at radius 2 is 1.78 bits per heavy atom. The zero-order valence-corrected chi connectivity index (χ0v) is 14.4. The molecule has 4 heteroatoms. The summed E-state index contributed by atoms with van der Waals surface area (Å²) >= 11 is 5.88. The summed E-state index contributed by atoms with van der Waals surface area (Å²) in [4.78, 5) is 13.2. The summed E-state index contributed by atoms with van der Waals surface area (Å²) < 4.78 is 0. The molecular weight excluding hydrogens is 308 g/mol. The Kier molecular flexibility index (Phi) is 6.63. The van der Waals surface area contributed by atoms with Crippen molar-refractivity contribution in [2.24, 2.45) is 0 Å². The van der Waals surface area contributed by atoms with Gasteiger partial charge in [-0.15, -0.1) is 0 Å². The molecule has 0 radical (unpaired) electrons. The minimum absolute atomic E-state index is 0.0826. The highest BCUT2D eigenvalue weighted by Gasteiger charge is 2.12. The SMILES string of the molecule is C[C@H](CNC(=O)C[NH+](C)Cc1ccc(Cl)cc1)c1ccccc1. The number of amides is 1. The van der Waals surface area contributed by atoms with E-state index in [1.165, 1.54) is 11.1 Å². The van der Waals surface area contributed by atoms with E-state index in [1.807, 2.05) is 49.5 Å². The molecule has 0 heterocycles. The lowest BCUT2D eigenvalue weighted by atomic mass is 10.0. The average Bonchev–Trinajstić information content (AvgIpc) is 2.55. The summed E-state index contributed by atoms with van der Waals surface area (Å²) in [6.07, 6.45) is 0. The number of benzene rings is 2. The van der Waals surface area contributed by atoms with Crippen LogP contribution in [0.5, 0.6) is 0 Å². The summed E-state index contributed by atoms with van der Waals surface area (Å²) in [7, 11) is 2.02. The topological polar surface area (TPSA) is 33.5 Å². The number of halogens is 1. The minimum atomic E-state index is 0.0826. The van der Waals surface area contributed by atoms with Gasteiger partial charge >= 0.3 is 0 Å². The summed E-state index contributed by atoms with van der Waals surface area (Å²) in [6.45, 7) is 4.06. The monoisotopic (exact) mass is 331 g/mol. The quantitative estimate of drug-likeness (QED) is 0.802. The molecule has 0 fully saturated rings. The molecule has 2 rings (SSSR count). The molecular formula is C19H24ClN2O+. The van der Waals surface area contributed by atoms with E-state index in [4.69, 9.17) is 11.6 Å². The van der Waals surface area contributed by atoms with Gasteiger partial charge in [-0.2, -0.15) is 0 Å². The molecule has 122 valence electrons. The lowest BCUT2D eigenvalue weighted by molar-refractivity contribution is -0.885. The van der Waals surface area contributed by atoms with E-state index in [-0.39, 0.29) is 5.91 Å². The number of carbonyl (C=O) groups excluding carboxylic acids is 1. The van der Waals surface area contributed by atoms with Crippen LogP contribution in [0.25, 0.3) is 0 Å². The van der Waals surface area contributed by atoms with Gasteiger partial charge in [-0.25, -0.2) is 0 Å². The van der Waals surface area contributed by atoms with E-state index in [9.17, 15) is 4.79 Å². The van der Waals surface area contributed by atoms with E-state index in [0.717, 1.165) is 16.5 Å². The number of carbonyl (C=O) groups is 1. The van der Waals surface area contributed by atoms with E-state index in [2.05, 4.69) is 24.4 Å². The van der Waals surface area contributed by atoms with Gasteiger partial charge in [0.2, 0.25) is 0 Å². The highest BCUT2D eigenvalue weighted by atomic mass is 35.5. The molecule has 2 N–H and O–H groups in total. The molecule has 0 aromatic heterocycles. The first kappa shape index (κ1) is 17.5. The van der Waals surface area contributed by atoms with Gasteiger partial charge in [0.1, 0.15) is 6.54 Å². The smallest absolute Gasteiger partial charge is 0.275 e. The fourth-order valence-electron chi connectivity index (χ4n) is 2.52. The zero-order valence-electron chi connectivity index (χ0n) is 13.7. The molecule has 2 aromatic rings. The van der Waals surface area contributed by atoms with Crippen LogP contribution in [0.15, 0.2) is 54.6 Å². The van der Waals surface area contributed by atoms with Crippen LogP contribution < -0.4 is 10.2 Å². The van der Waals surface area contributed by atoms with Crippen LogP contribution in [-0.2, 0) is 11.3 Å². The second kappa shape index (κ2) is 8.70. The molecule has 0 aliphatic rings. The van der Waals surface area contributed by atoms with Crippen molar-refractivity contribution in [2.75, 3.05) is 20.1 Å². The highest BCUT2D eigenvalue weighted by Crippen LogP contribution is 2.12. The van der Waals surface area contributed by atoms with Crippen molar-refractivity contribution in [3.8, 4) is 0 Å². The Balaban J connectivity index is 1.74. The van der Waals surface area contributed by atoms with Crippen LogP contribution in [-0.4, -0.2) is 26.0 Å². The van der Waals surface area contributed by atoms with Gasteiger partial charge in [-0.05, 0) is 23.6 Å². The molecule has 1 amide bonds. The van der Waals surface area contributed by atoms with Crippen LogP contribution in [0.2, 0.25) is 5.02 Å². The normalized spacial score (nSPS) is 13.3. The summed E-state index contributed by atoms with van der Waals surface area (Å²) in [5, 5.41) is 3.76. The highest BCUT2D eigenvalue weighted by molar-refractivity contribution is 6.30. The van der Waals surface area contributed by atoms with Crippen LogP contribution >= 0.6 is 11.6 Å². The minimum Gasteiger partial charge on any atom is -0.351 e. The fourth-order valence-corrected chi connectivity index (χ4v) is 2.64. The molecule has 0 bridgehead atoms. The van der Waals surface area contributed by atoms with Crippen molar-refractivity contribution < 1.29 is 9.69 Å². The molecule has 1 unspecified atom stereocenters. The first-order valence-electron chi connectivity index (χ1n) is 7.92. The van der Waals surface area contributed by atoms with Gasteiger partial charge in [0.25, 0.3) is 5.91 Å². The second-order valence-corrected chi connectivity index (χ2v) is 6.49. The van der Waals surface area contributed by atoms with Crippen molar-refractivity contribution in [1.82, 2.24) is 5.32 Å². The molecule has 2 aromatic carbocycles. The van der Waals surface area contributed by atoms with Gasteiger partial charge in [-0.3, -0.25) is 4.79 Å². The lowest BCUT2D eigenvalue weighted by Crippen LogP contribution is -3.08. The van der Waals surface area contributed by atoms with E-state index < -0.39 is 0 Å². The second-order valence-electron chi connectivity index (χ2n) is 6.05. The third-order valence-electron chi connectivity index (χ3n) is 3.86. The molecule has 0 aliphatic carbocycles. The maximum atomic E-state index is 12.1. The maximum Gasteiger partial charge on any atom is 0.275 e. The fraction of sp³-hybridized carbons (Fsp3) is 0.316. The third kappa shape index (κ3) is 6.05. The van der Waals surface area contributed by atoms with Crippen LogP contribution in [0.3, 0.4) is 0 Å². The van der Waals surface area contributed by atoms with Gasteiger partial charge in [0.05, 0.1) is 7.05 Å². The predicted octanol–water partition coefficient (Wildman–Crippen LogP) is 2.27. The number of nitrogens with one attached hydrogen (secondary N) is 2. The van der Waals surface area contributed by atoms with Crippen molar-refractivity contribution in [1.29, 1.82) is 0 Å². The number of hydrogen-bond acceptors (Lipinski definition) is 1. The Bertz CT molecular complexity index is 613. The largest absolute Gasteiger partial charge is 0.351 e. The number of likely N-dealkylation sites (N-methyl/N-ethyl adjacent to an activating group) is 1. The maximum absolute atomic E-state index is 12.1. The average molecular weight is 332 g/mol. The van der Waals surface area contributed by atoms with Crippen LogP contribution in [0.4, 0.5) is 0 Å². The number of hydrogen-bond donors (Lipinski definition) is 2. The van der Waals surface area contributed by atoms with Gasteiger partial charge in [0.15, 0.2) is 6.54 Å². The summed E-state index contributed by atoms with van der Waals surface area (Å²) in [5.74, 6) is 0.399. The zero-order chi connectivity index (χ0) is 16.7. The lowest BCUT2D eigenvalue weighted by Gasteiger charge is -2.16. The van der Waals surface area contributed by atoms with E-state index in [1.54, 1.807) is 0 Å². The van der Waals surface area contributed by atoms with Gasteiger partial charge in [0, 0.05) is 17.1 Å². The third-order valence-corrected chi connectivity index (χ3v) is 4.11. The van der Waals surface area contributed by atoms with Crippen molar-refractivity contribution in [2.45, 2.75) is 19.4 Å². The molecule has 3 nitrogen and oxygen atoms in total. The Morgan fingerprint density at radius 1 is 1.13 bits per heavy atom. The predicted molar refractivity (Wildman–Crippen MR) is 94.8 cm³/mol. The molecule has 23 heavy (non-hydrogen) atoms. The molecule has 0 saturated heterocycles. The van der Waals surface area contributed by atoms with Crippen molar-refractivity contribution in [3.05, 3.63) is 70.7 Å². The molecule has 2 atom stereocenters. The van der Waals surface area contributed by atoms with Gasteiger partial charge < -0.3 is 10.2 Å². The number of quaternary nitrogens is 1. The van der Waals surface area contributed by atoms with Crippen LogP contribution in [0.1, 0.15) is 24.0 Å². The van der Waals surface area contributed by atoms with Crippen molar-refractivity contribution >= 4 is 17.5 Å². The molecule has 0 aliphatic heterocycles. The van der Waals surface area contributed by atoms with Gasteiger partial charge in [-0.1, -0.05) is 61.0 Å².